The van der Waals surface area contributed by atoms with Crippen LogP contribution in [0.4, 0.5) is 5.69 Å². The standard InChI is InChI=1S/C10H15BrN2S/c1-8(14-2)3-4-13-10-5-9(11)6-12-7-10/h5-8,13H,3-4H2,1-2H3. The second kappa shape index (κ2) is 6.30. The Morgan fingerprint density at radius 2 is 2.36 bits per heavy atom. The molecule has 1 rings (SSSR count). The van der Waals surface area contributed by atoms with E-state index in [0.29, 0.717) is 5.25 Å². The van der Waals surface area contributed by atoms with Crippen LogP contribution in [-0.2, 0) is 0 Å². The summed E-state index contributed by atoms with van der Waals surface area (Å²) in [7, 11) is 0. The highest BCUT2D eigenvalue weighted by atomic mass is 79.9. The molecule has 1 aromatic heterocycles. The van der Waals surface area contributed by atoms with E-state index in [4.69, 9.17) is 0 Å². The number of nitrogens with zero attached hydrogens (tertiary/aromatic N) is 1. The second-order valence-electron chi connectivity index (χ2n) is 3.15. The molecular weight excluding hydrogens is 260 g/mol. The van der Waals surface area contributed by atoms with Crippen LogP contribution in [0, 0.1) is 0 Å². The average molecular weight is 275 g/mol. The Kier molecular flexibility index (Phi) is 5.33. The fourth-order valence-corrected chi connectivity index (χ4v) is 1.76. The first kappa shape index (κ1) is 11.9. The van der Waals surface area contributed by atoms with Gasteiger partial charge in [-0.1, -0.05) is 6.92 Å². The van der Waals surface area contributed by atoms with Crippen LogP contribution in [0.1, 0.15) is 13.3 Å². The molecule has 1 unspecified atom stereocenters. The van der Waals surface area contributed by atoms with Gasteiger partial charge in [0.1, 0.15) is 0 Å². The minimum absolute atomic E-state index is 0.711. The van der Waals surface area contributed by atoms with Crippen LogP contribution in [0.15, 0.2) is 22.9 Å². The molecule has 0 spiro atoms. The number of hydrogen-bond donors (Lipinski definition) is 1. The van der Waals surface area contributed by atoms with Crippen LogP contribution in [0.3, 0.4) is 0 Å². The third-order valence-corrected chi connectivity index (χ3v) is 3.46. The van der Waals surface area contributed by atoms with Gasteiger partial charge in [-0.3, -0.25) is 4.98 Å². The minimum Gasteiger partial charge on any atom is -0.384 e. The molecule has 2 nitrogen and oxygen atoms in total. The van der Waals surface area contributed by atoms with Crippen molar-refractivity contribution in [3.8, 4) is 0 Å². The largest absolute Gasteiger partial charge is 0.384 e. The number of pyridine rings is 1. The molecule has 0 bridgehead atoms. The average Bonchev–Trinajstić information content (AvgIpc) is 2.17. The lowest BCUT2D eigenvalue weighted by molar-refractivity contribution is 0.853. The van der Waals surface area contributed by atoms with E-state index in [1.165, 1.54) is 6.42 Å². The molecule has 14 heavy (non-hydrogen) atoms. The lowest BCUT2D eigenvalue weighted by atomic mass is 10.3. The molecule has 1 aromatic rings. The molecule has 1 atom stereocenters. The predicted octanol–water partition coefficient (Wildman–Crippen LogP) is 3.40. The summed E-state index contributed by atoms with van der Waals surface area (Å²) in [5.41, 5.74) is 1.08. The fraction of sp³-hybridized carbons (Fsp3) is 0.500. The summed E-state index contributed by atoms with van der Waals surface area (Å²) in [4.78, 5) is 4.09. The summed E-state index contributed by atoms with van der Waals surface area (Å²) in [6.45, 7) is 3.24. The molecule has 0 fully saturated rings. The van der Waals surface area contributed by atoms with E-state index >= 15 is 0 Å². The van der Waals surface area contributed by atoms with E-state index in [1.54, 1.807) is 6.20 Å². The van der Waals surface area contributed by atoms with Crippen LogP contribution in [0.25, 0.3) is 0 Å². The van der Waals surface area contributed by atoms with Gasteiger partial charge in [0.05, 0.1) is 11.9 Å². The maximum atomic E-state index is 4.09. The van der Waals surface area contributed by atoms with Crippen LogP contribution in [0.2, 0.25) is 0 Å². The van der Waals surface area contributed by atoms with Crippen LogP contribution in [0.5, 0.6) is 0 Å². The molecule has 0 saturated carbocycles. The van der Waals surface area contributed by atoms with Gasteiger partial charge in [0.2, 0.25) is 0 Å². The monoisotopic (exact) mass is 274 g/mol. The minimum atomic E-state index is 0.711. The Labute approximate surface area is 98.0 Å². The molecule has 0 aliphatic rings. The number of anilines is 1. The smallest absolute Gasteiger partial charge is 0.0538 e. The zero-order valence-corrected chi connectivity index (χ0v) is 10.9. The summed E-state index contributed by atoms with van der Waals surface area (Å²) in [5.74, 6) is 0. The molecule has 78 valence electrons. The number of hydrogen-bond acceptors (Lipinski definition) is 3. The Morgan fingerprint density at radius 1 is 1.57 bits per heavy atom. The molecule has 4 heteroatoms. The summed E-state index contributed by atoms with van der Waals surface area (Å²) < 4.78 is 1.01. The summed E-state index contributed by atoms with van der Waals surface area (Å²) in [6.07, 6.45) is 6.95. The van der Waals surface area contributed by atoms with Gasteiger partial charge in [-0.25, -0.2) is 0 Å². The zero-order chi connectivity index (χ0) is 10.4. The number of nitrogens with one attached hydrogen (secondary N) is 1. The normalized spacial score (nSPS) is 12.5. The van der Waals surface area contributed by atoms with Gasteiger partial charge in [0, 0.05) is 22.5 Å². The van der Waals surface area contributed by atoms with Crippen molar-refractivity contribution >= 4 is 33.4 Å². The highest BCUT2D eigenvalue weighted by Gasteiger charge is 1.98. The number of aromatic nitrogens is 1. The zero-order valence-electron chi connectivity index (χ0n) is 8.46. The van der Waals surface area contributed by atoms with Crippen molar-refractivity contribution in [3.05, 3.63) is 22.9 Å². The first-order chi connectivity index (χ1) is 6.72. The first-order valence-corrected chi connectivity index (χ1v) is 6.67. The van der Waals surface area contributed by atoms with E-state index in [-0.39, 0.29) is 0 Å². The van der Waals surface area contributed by atoms with E-state index in [0.717, 1.165) is 16.7 Å². The maximum Gasteiger partial charge on any atom is 0.0538 e. The quantitative estimate of drug-likeness (QED) is 0.891. The van der Waals surface area contributed by atoms with E-state index < -0.39 is 0 Å². The molecular formula is C10H15BrN2S. The van der Waals surface area contributed by atoms with Gasteiger partial charge >= 0.3 is 0 Å². The van der Waals surface area contributed by atoms with Gasteiger partial charge in [-0.05, 0) is 34.7 Å². The van der Waals surface area contributed by atoms with E-state index in [9.17, 15) is 0 Å². The van der Waals surface area contributed by atoms with Gasteiger partial charge in [0.25, 0.3) is 0 Å². The lowest BCUT2D eigenvalue weighted by Gasteiger charge is -2.09. The van der Waals surface area contributed by atoms with Crippen molar-refractivity contribution in [2.24, 2.45) is 0 Å². The highest BCUT2D eigenvalue weighted by molar-refractivity contribution is 9.10. The topological polar surface area (TPSA) is 24.9 Å². The molecule has 1 N–H and O–H groups in total. The Balaban J connectivity index is 2.31. The number of rotatable bonds is 5. The molecule has 0 aliphatic heterocycles. The lowest BCUT2D eigenvalue weighted by Crippen LogP contribution is -2.07. The summed E-state index contributed by atoms with van der Waals surface area (Å²) in [5, 5.41) is 4.06. The summed E-state index contributed by atoms with van der Waals surface area (Å²) >= 11 is 5.29. The van der Waals surface area contributed by atoms with Crippen LogP contribution >= 0.6 is 27.7 Å². The molecule has 1 heterocycles. The SMILES string of the molecule is CSC(C)CCNc1cncc(Br)c1. The highest BCUT2D eigenvalue weighted by Crippen LogP contribution is 2.14. The fourth-order valence-electron chi connectivity index (χ4n) is 1.05. The van der Waals surface area contributed by atoms with Crippen LogP contribution in [-0.4, -0.2) is 23.0 Å². The molecule has 0 radical (unpaired) electrons. The van der Waals surface area contributed by atoms with Gasteiger partial charge in [-0.2, -0.15) is 11.8 Å². The van der Waals surface area contributed by atoms with Gasteiger partial charge in [-0.15, -0.1) is 0 Å². The van der Waals surface area contributed by atoms with E-state index in [1.807, 2.05) is 24.0 Å². The molecule has 0 aliphatic carbocycles. The van der Waals surface area contributed by atoms with Crippen molar-refractivity contribution < 1.29 is 0 Å². The van der Waals surface area contributed by atoms with Crippen molar-refractivity contribution in [2.45, 2.75) is 18.6 Å². The van der Waals surface area contributed by atoms with Crippen LogP contribution < -0.4 is 5.32 Å². The number of thioether (sulfide) groups is 1. The van der Waals surface area contributed by atoms with Crippen molar-refractivity contribution in [3.63, 3.8) is 0 Å². The molecule has 0 aromatic carbocycles. The maximum absolute atomic E-state index is 4.09. The third kappa shape index (κ3) is 4.33. The Bertz CT molecular complexity index is 281. The summed E-state index contributed by atoms with van der Waals surface area (Å²) in [6, 6.07) is 2.04. The van der Waals surface area contributed by atoms with Crippen molar-refractivity contribution in [1.82, 2.24) is 4.98 Å². The second-order valence-corrected chi connectivity index (χ2v) is 5.35. The van der Waals surface area contributed by atoms with E-state index in [2.05, 4.69) is 39.4 Å². The number of halogens is 1. The molecule has 0 saturated heterocycles. The van der Waals surface area contributed by atoms with Crippen molar-refractivity contribution in [2.75, 3.05) is 18.1 Å². The first-order valence-electron chi connectivity index (χ1n) is 4.59. The van der Waals surface area contributed by atoms with Gasteiger partial charge < -0.3 is 5.32 Å². The molecule has 0 amide bonds. The van der Waals surface area contributed by atoms with Gasteiger partial charge in [0.15, 0.2) is 0 Å². The Hall–Kier alpha value is -0.220. The predicted molar refractivity (Wildman–Crippen MR) is 68.0 cm³/mol. The van der Waals surface area contributed by atoms with Crippen molar-refractivity contribution in [1.29, 1.82) is 0 Å². The third-order valence-electron chi connectivity index (χ3n) is 1.99. The Morgan fingerprint density at radius 3 is 3.00 bits per heavy atom.